The lowest BCUT2D eigenvalue weighted by Crippen LogP contribution is -2.13. The van der Waals surface area contributed by atoms with Gasteiger partial charge in [0, 0.05) is 6.04 Å². The van der Waals surface area contributed by atoms with Crippen LogP contribution in [0.3, 0.4) is 0 Å². The van der Waals surface area contributed by atoms with Crippen LogP contribution in [0.2, 0.25) is 0 Å². The summed E-state index contributed by atoms with van der Waals surface area (Å²) < 4.78 is 10.6. The monoisotopic (exact) mass is 285 g/mol. The minimum absolute atomic E-state index is 0.0189. The zero-order valence-electron chi connectivity index (χ0n) is 12.9. The molecule has 3 nitrogen and oxygen atoms in total. The van der Waals surface area contributed by atoms with E-state index in [1.54, 1.807) is 14.2 Å². The molecule has 1 unspecified atom stereocenters. The maximum atomic E-state index is 6.34. The van der Waals surface area contributed by atoms with Crippen molar-refractivity contribution in [2.24, 2.45) is 5.73 Å². The molecule has 0 heterocycles. The molecule has 0 aromatic heterocycles. The third-order valence-electron chi connectivity index (χ3n) is 3.69. The van der Waals surface area contributed by atoms with Gasteiger partial charge in [0.05, 0.1) is 14.2 Å². The predicted octanol–water partition coefficient (Wildman–Crippen LogP) is 3.51. The molecule has 0 fully saturated rings. The van der Waals surface area contributed by atoms with Crippen molar-refractivity contribution in [1.29, 1.82) is 0 Å². The zero-order valence-corrected chi connectivity index (χ0v) is 12.9. The van der Waals surface area contributed by atoms with E-state index in [0.717, 1.165) is 29.9 Å². The largest absolute Gasteiger partial charge is 0.493 e. The molecule has 0 saturated heterocycles. The fourth-order valence-electron chi connectivity index (χ4n) is 2.42. The van der Waals surface area contributed by atoms with Crippen molar-refractivity contribution in [3.05, 3.63) is 59.2 Å². The molecule has 0 aliphatic rings. The minimum Gasteiger partial charge on any atom is -0.493 e. The van der Waals surface area contributed by atoms with Crippen LogP contribution in [0, 0.1) is 0 Å². The van der Waals surface area contributed by atoms with E-state index in [-0.39, 0.29) is 6.04 Å². The first-order valence-electron chi connectivity index (χ1n) is 7.23. The van der Waals surface area contributed by atoms with Gasteiger partial charge in [-0.05, 0) is 41.7 Å². The van der Waals surface area contributed by atoms with Gasteiger partial charge in [0.1, 0.15) is 0 Å². The first kappa shape index (κ1) is 15.4. The Morgan fingerprint density at radius 1 is 0.952 bits per heavy atom. The number of aryl methyl sites for hydroxylation is 1. The second kappa shape index (κ2) is 7.14. The molecule has 2 aromatic carbocycles. The van der Waals surface area contributed by atoms with E-state index in [4.69, 9.17) is 15.2 Å². The van der Waals surface area contributed by atoms with E-state index in [1.807, 2.05) is 18.2 Å². The van der Waals surface area contributed by atoms with Crippen LogP contribution in [0.15, 0.2) is 42.5 Å². The van der Waals surface area contributed by atoms with Crippen LogP contribution >= 0.6 is 0 Å². The topological polar surface area (TPSA) is 44.5 Å². The first-order valence-corrected chi connectivity index (χ1v) is 7.23. The Morgan fingerprint density at radius 2 is 1.71 bits per heavy atom. The van der Waals surface area contributed by atoms with Crippen molar-refractivity contribution in [1.82, 2.24) is 0 Å². The molecule has 0 aliphatic carbocycles. The van der Waals surface area contributed by atoms with Crippen LogP contribution in [0.25, 0.3) is 0 Å². The van der Waals surface area contributed by atoms with Crippen LogP contribution < -0.4 is 15.2 Å². The van der Waals surface area contributed by atoms with E-state index in [1.165, 1.54) is 11.1 Å². The Balaban J connectivity index is 2.16. The summed E-state index contributed by atoms with van der Waals surface area (Å²) >= 11 is 0. The van der Waals surface area contributed by atoms with Crippen molar-refractivity contribution < 1.29 is 9.47 Å². The zero-order chi connectivity index (χ0) is 15.2. The van der Waals surface area contributed by atoms with Gasteiger partial charge in [0.15, 0.2) is 11.5 Å². The van der Waals surface area contributed by atoms with Gasteiger partial charge in [-0.3, -0.25) is 0 Å². The summed E-state index contributed by atoms with van der Waals surface area (Å²) in [6.45, 7) is 2.15. The third-order valence-corrected chi connectivity index (χ3v) is 3.69. The van der Waals surface area contributed by atoms with Crippen molar-refractivity contribution in [3.63, 3.8) is 0 Å². The highest BCUT2D eigenvalue weighted by Crippen LogP contribution is 2.29. The van der Waals surface area contributed by atoms with Gasteiger partial charge in [-0.15, -0.1) is 0 Å². The second-order valence-corrected chi connectivity index (χ2v) is 5.10. The average molecular weight is 285 g/mol. The SMILES string of the molecule is CCc1cccc(C(N)Cc2ccc(OC)c(OC)c2)c1. The molecule has 0 aliphatic heterocycles. The summed E-state index contributed by atoms with van der Waals surface area (Å²) in [4.78, 5) is 0. The number of ether oxygens (including phenoxy) is 2. The quantitative estimate of drug-likeness (QED) is 0.883. The number of methoxy groups -OCH3 is 2. The molecule has 0 spiro atoms. The summed E-state index contributed by atoms with van der Waals surface area (Å²) in [5, 5.41) is 0. The molecule has 1 atom stereocenters. The van der Waals surface area contributed by atoms with Crippen LogP contribution in [-0.4, -0.2) is 14.2 Å². The van der Waals surface area contributed by atoms with Gasteiger partial charge in [-0.2, -0.15) is 0 Å². The summed E-state index contributed by atoms with van der Waals surface area (Å²) in [6, 6.07) is 14.4. The maximum absolute atomic E-state index is 6.34. The number of nitrogens with two attached hydrogens (primary N) is 1. The van der Waals surface area contributed by atoms with Crippen molar-refractivity contribution in [2.75, 3.05) is 14.2 Å². The Hall–Kier alpha value is -2.00. The van der Waals surface area contributed by atoms with Gasteiger partial charge >= 0.3 is 0 Å². The number of hydrogen-bond donors (Lipinski definition) is 1. The molecular formula is C18H23NO2. The third kappa shape index (κ3) is 3.76. The second-order valence-electron chi connectivity index (χ2n) is 5.10. The molecule has 21 heavy (non-hydrogen) atoms. The Bertz CT molecular complexity index is 596. The Morgan fingerprint density at radius 3 is 2.38 bits per heavy atom. The Labute approximate surface area is 126 Å². The Kier molecular flexibility index (Phi) is 5.23. The summed E-state index contributed by atoms with van der Waals surface area (Å²) in [6.07, 6.45) is 1.80. The van der Waals surface area contributed by atoms with Gasteiger partial charge in [0.25, 0.3) is 0 Å². The fourth-order valence-corrected chi connectivity index (χ4v) is 2.42. The maximum Gasteiger partial charge on any atom is 0.160 e. The standard InChI is InChI=1S/C18H23NO2/c1-4-13-6-5-7-15(10-13)16(19)11-14-8-9-17(20-2)18(12-14)21-3/h5-10,12,16H,4,11,19H2,1-3H3. The summed E-state index contributed by atoms with van der Waals surface area (Å²) in [5.74, 6) is 1.48. The lowest BCUT2D eigenvalue weighted by atomic mass is 9.97. The predicted molar refractivity (Wildman–Crippen MR) is 86.0 cm³/mol. The average Bonchev–Trinajstić information content (AvgIpc) is 2.54. The van der Waals surface area contributed by atoms with E-state index in [9.17, 15) is 0 Å². The van der Waals surface area contributed by atoms with Crippen molar-refractivity contribution >= 4 is 0 Å². The van der Waals surface area contributed by atoms with Gasteiger partial charge in [0.2, 0.25) is 0 Å². The highest BCUT2D eigenvalue weighted by molar-refractivity contribution is 5.43. The molecule has 3 heteroatoms. The summed E-state index contributed by atoms with van der Waals surface area (Å²) in [7, 11) is 3.28. The smallest absolute Gasteiger partial charge is 0.160 e. The molecule has 0 amide bonds. The number of hydrogen-bond acceptors (Lipinski definition) is 3. The molecule has 0 bridgehead atoms. The van der Waals surface area contributed by atoms with Crippen LogP contribution in [0.4, 0.5) is 0 Å². The van der Waals surface area contributed by atoms with E-state index >= 15 is 0 Å². The molecule has 0 saturated carbocycles. The van der Waals surface area contributed by atoms with E-state index in [2.05, 4.69) is 31.2 Å². The molecule has 2 N–H and O–H groups in total. The fraction of sp³-hybridized carbons (Fsp3) is 0.333. The van der Waals surface area contributed by atoms with Crippen LogP contribution in [0.1, 0.15) is 29.7 Å². The lowest BCUT2D eigenvalue weighted by molar-refractivity contribution is 0.354. The van der Waals surface area contributed by atoms with Crippen LogP contribution in [-0.2, 0) is 12.8 Å². The molecule has 0 radical (unpaired) electrons. The molecule has 2 rings (SSSR count). The molecule has 112 valence electrons. The van der Waals surface area contributed by atoms with Gasteiger partial charge < -0.3 is 15.2 Å². The van der Waals surface area contributed by atoms with Crippen LogP contribution in [0.5, 0.6) is 11.5 Å². The highest BCUT2D eigenvalue weighted by Gasteiger charge is 2.10. The number of rotatable bonds is 6. The highest BCUT2D eigenvalue weighted by atomic mass is 16.5. The number of benzene rings is 2. The molecular weight excluding hydrogens is 262 g/mol. The van der Waals surface area contributed by atoms with E-state index < -0.39 is 0 Å². The molecule has 2 aromatic rings. The lowest BCUT2D eigenvalue weighted by Gasteiger charge is -2.15. The summed E-state index contributed by atoms with van der Waals surface area (Å²) in [5.41, 5.74) is 9.97. The van der Waals surface area contributed by atoms with Gasteiger partial charge in [-0.1, -0.05) is 37.3 Å². The van der Waals surface area contributed by atoms with Crippen molar-refractivity contribution in [3.8, 4) is 11.5 Å². The first-order chi connectivity index (χ1) is 10.2. The van der Waals surface area contributed by atoms with E-state index in [0.29, 0.717) is 0 Å². The normalized spacial score (nSPS) is 12.0. The van der Waals surface area contributed by atoms with Gasteiger partial charge in [-0.25, -0.2) is 0 Å². The van der Waals surface area contributed by atoms with Crippen molar-refractivity contribution in [2.45, 2.75) is 25.8 Å². The minimum atomic E-state index is -0.0189.